The average molecular weight is 475 g/mol. The van der Waals surface area contributed by atoms with Crippen LogP contribution in [0.1, 0.15) is 49.8 Å². The number of rotatable bonds is 6. The molecule has 4 rings (SSSR count). The first-order valence-corrected chi connectivity index (χ1v) is 12.2. The molecule has 1 aliphatic carbocycles. The summed E-state index contributed by atoms with van der Waals surface area (Å²) in [6.45, 7) is -0.554. The van der Waals surface area contributed by atoms with Crippen molar-refractivity contribution in [1.29, 1.82) is 0 Å². The monoisotopic (exact) mass is 474 g/mol. The first kappa shape index (κ1) is 23.0. The minimum atomic E-state index is -5.57. The molecule has 1 aromatic carbocycles. The largest absolute Gasteiger partial charge is 0.511 e. The van der Waals surface area contributed by atoms with E-state index in [4.69, 9.17) is 0 Å². The Morgan fingerprint density at radius 2 is 1.91 bits per heavy atom. The van der Waals surface area contributed by atoms with Crippen LogP contribution in [0.3, 0.4) is 0 Å². The fourth-order valence-corrected chi connectivity index (χ4v) is 5.79. The van der Waals surface area contributed by atoms with Gasteiger partial charge in [-0.3, -0.25) is 0 Å². The number of aromatic amines is 1. The van der Waals surface area contributed by atoms with Gasteiger partial charge in [-0.25, -0.2) is 17.8 Å². The zero-order valence-electron chi connectivity index (χ0n) is 17.5. The number of anilines is 1. The zero-order chi connectivity index (χ0) is 22.9. The molecule has 1 saturated carbocycles. The lowest BCUT2D eigenvalue weighted by molar-refractivity contribution is -0.0492. The molecule has 0 bridgehead atoms. The molecule has 176 valence electrons. The molecular formula is C21H26F4N4O2S. The minimum Gasteiger partial charge on any atom is -0.361 e. The number of nitrogens with zero attached hydrogens (tertiary/aromatic N) is 3. The van der Waals surface area contributed by atoms with Crippen LogP contribution >= 0.6 is 0 Å². The summed E-state index contributed by atoms with van der Waals surface area (Å²) in [6.07, 6.45) is 8.92. The van der Waals surface area contributed by atoms with Crippen molar-refractivity contribution in [2.45, 2.75) is 63.2 Å². The van der Waals surface area contributed by atoms with E-state index in [1.807, 2.05) is 4.90 Å². The van der Waals surface area contributed by atoms with Gasteiger partial charge in [0.05, 0.1) is 18.6 Å². The minimum absolute atomic E-state index is 0.209. The highest BCUT2D eigenvalue weighted by molar-refractivity contribution is 7.89. The predicted molar refractivity (Wildman–Crippen MR) is 112 cm³/mol. The lowest BCUT2D eigenvalue weighted by Crippen LogP contribution is -2.47. The molecule has 0 radical (unpaired) electrons. The highest BCUT2D eigenvalue weighted by Gasteiger charge is 2.51. The van der Waals surface area contributed by atoms with E-state index in [1.165, 1.54) is 18.5 Å². The van der Waals surface area contributed by atoms with Crippen LogP contribution in [0.15, 0.2) is 30.7 Å². The molecule has 2 aliphatic rings. The maximum Gasteiger partial charge on any atom is 0.511 e. The number of sulfonamides is 1. The summed E-state index contributed by atoms with van der Waals surface area (Å²) in [5, 5.41) is 0. The van der Waals surface area contributed by atoms with E-state index >= 15 is 0 Å². The van der Waals surface area contributed by atoms with Crippen LogP contribution in [0, 0.1) is 11.7 Å². The summed E-state index contributed by atoms with van der Waals surface area (Å²) in [6, 6.07) is 3.39. The third kappa shape index (κ3) is 4.78. The van der Waals surface area contributed by atoms with E-state index in [1.54, 1.807) is 6.20 Å². The summed E-state index contributed by atoms with van der Waals surface area (Å²) in [7, 11) is -5.57. The van der Waals surface area contributed by atoms with Crippen molar-refractivity contribution in [3.05, 3.63) is 47.8 Å². The number of hydrogen-bond donors (Lipinski definition) is 1. The number of alkyl halides is 3. The Morgan fingerprint density at radius 1 is 1.16 bits per heavy atom. The third-order valence-electron chi connectivity index (χ3n) is 6.46. The highest BCUT2D eigenvalue weighted by Crippen LogP contribution is 2.37. The van der Waals surface area contributed by atoms with Crippen molar-refractivity contribution in [3.8, 4) is 0 Å². The molecule has 0 spiro atoms. The van der Waals surface area contributed by atoms with Gasteiger partial charge in [0.2, 0.25) is 0 Å². The van der Waals surface area contributed by atoms with Crippen LogP contribution < -0.4 is 4.90 Å². The maximum atomic E-state index is 14.0. The second-order valence-electron chi connectivity index (χ2n) is 8.60. The molecule has 0 amide bonds. The number of imidazole rings is 1. The van der Waals surface area contributed by atoms with Crippen LogP contribution in [0.4, 0.5) is 23.2 Å². The van der Waals surface area contributed by atoms with Gasteiger partial charge in [0.25, 0.3) is 0 Å². The molecule has 1 N–H and O–H groups in total. The highest BCUT2D eigenvalue weighted by atomic mass is 32.2. The Morgan fingerprint density at radius 3 is 2.56 bits per heavy atom. The number of halogens is 4. The van der Waals surface area contributed by atoms with Gasteiger partial charge in [0, 0.05) is 31.0 Å². The lowest BCUT2D eigenvalue weighted by atomic mass is 9.97. The number of benzene rings is 1. The molecule has 1 unspecified atom stereocenters. The van der Waals surface area contributed by atoms with Crippen molar-refractivity contribution in [2.24, 2.45) is 5.92 Å². The SMILES string of the molecule is O=S(=O)(N1Cc2cc(F)ccc2N(Cc2cnc[nH]2)C(CCC2CCCC2)C1)C(F)(F)F. The van der Waals surface area contributed by atoms with E-state index < -0.39 is 33.9 Å². The van der Waals surface area contributed by atoms with Gasteiger partial charge in [-0.1, -0.05) is 25.7 Å². The first-order chi connectivity index (χ1) is 15.1. The first-order valence-electron chi connectivity index (χ1n) is 10.7. The number of nitrogens with one attached hydrogen (secondary N) is 1. The van der Waals surface area contributed by atoms with Gasteiger partial charge in [-0.15, -0.1) is 0 Å². The standard InChI is InChI=1S/C21H26F4N4O2S/c22-17-6-8-20-16(9-17)11-28(32(30,31)21(23,24)25)13-19(7-5-15-3-1-2-4-15)29(20)12-18-10-26-14-27-18/h6,8-10,14-15,19H,1-5,7,11-13H2,(H,26,27). The Hall–Kier alpha value is -2.14. The molecule has 2 aromatic rings. The predicted octanol–water partition coefficient (Wildman–Crippen LogP) is 4.56. The van der Waals surface area contributed by atoms with Gasteiger partial charge in [0.1, 0.15) is 5.82 Å². The molecule has 0 saturated heterocycles. The van der Waals surface area contributed by atoms with Crippen molar-refractivity contribution >= 4 is 15.7 Å². The normalized spacial score (nSPS) is 21.0. The van der Waals surface area contributed by atoms with Crippen LogP contribution in [0.2, 0.25) is 0 Å². The zero-order valence-corrected chi connectivity index (χ0v) is 18.3. The van der Waals surface area contributed by atoms with E-state index in [2.05, 4.69) is 9.97 Å². The second-order valence-corrected chi connectivity index (χ2v) is 10.5. The van der Waals surface area contributed by atoms with Gasteiger partial charge in [-0.2, -0.15) is 17.5 Å². The number of H-pyrrole nitrogens is 1. The van der Waals surface area contributed by atoms with Crippen LogP contribution in [-0.4, -0.2) is 40.8 Å². The molecule has 1 atom stereocenters. The van der Waals surface area contributed by atoms with E-state index in [-0.39, 0.29) is 12.1 Å². The number of aromatic nitrogens is 2. The maximum absolute atomic E-state index is 14.0. The van der Waals surface area contributed by atoms with E-state index in [0.29, 0.717) is 28.9 Å². The second kappa shape index (κ2) is 9.01. The number of hydrogen-bond acceptors (Lipinski definition) is 4. The van der Waals surface area contributed by atoms with Crippen molar-refractivity contribution < 1.29 is 26.0 Å². The van der Waals surface area contributed by atoms with Gasteiger partial charge >= 0.3 is 15.5 Å². The quantitative estimate of drug-likeness (QED) is 0.624. The van der Waals surface area contributed by atoms with Gasteiger partial charge in [0.15, 0.2) is 0 Å². The molecule has 32 heavy (non-hydrogen) atoms. The number of fused-ring (bicyclic) bond motifs is 1. The molecule has 1 aliphatic heterocycles. The summed E-state index contributed by atoms with van der Waals surface area (Å²) >= 11 is 0. The van der Waals surface area contributed by atoms with Crippen molar-refractivity contribution in [1.82, 2.24) is 14.3 Å². The van der Waals surface area contributed by atoms with Crippen molar-refractivity contribution in [3.63, 3.8) is 0 Å². The fraction of sp³-hybridized carbons (Fsp3) is 0.571. The average Bonchev–Trinajstić information content (AvgIpc) is 3.40. The molecule has 1 fully saturated rings. The lowest BCUT2D eigenvalue weighted by Gasteiger charge is -2.34. The summed E-state index contributed by atoms with van der Waals surface area (Å²) in [5.41, 5.74) is -3.94. The third-order valence-corrected chi connectivity index (χ3v) is 8.01. The Balaban J connectivity index is 1.73. The van der Waals surface area contributed by atoms with Crippen LogP contribution in [0.5, 0.6) is 0 Å². The summed E-state index contributed by atoms with van der Waals surface area (Å²) < 4.78 is 79.5. The smallest absolute Gasteiger partial charge is 0.361 e. The van der Waals surface area contributed by atoms with Crippen LogP contribution in [-0.2, 0) is 23.1 Å². The van der Waals surface area contributed by atoms with Crippen molar-refractivity contribution in [2.75, 3.05) is 11.4 Å². The molecule has 2 heterocycles. The Bertz CT molecular complexity index is 1020. The van der Waals surface area contributed by atoms with Crippen LogP contribution in [0.25, 0.3) is 0 Å². The summed E-state index contributed by atoms with van der Waals surface area (Å²) in [4.78, 5) is 8.89. The fourth-order valence-electron chi connectivity index (χ4n) is 4.82. The topological polar surface area (TPSA) is 69.3 Å². The van der Waals surface area contributed by atoms with E-state index in [9.17, 15) is 26.0 Å². The molecule has 1 aromatic heterocycles. The summed E-state index contributed by atoms with van der Waals surface area (Å²) in [5.74, 6) is -0.133. The van der Waals surface area contributed by atoms with Gasteiger partial charge in [-0.05, 0) is 42.5 Å². The Kier molecular flexibility index (Phi) is 6.49. The molecular weight excluding hydrogens is 448 g/mol. The molecule has 11 heteroatoms. The van der Waals surface area contributed by atoms with E-state index in [0.717, 1.165) is 43.9 Å². The molecule has 6 nitrogen and oxygen atoms in total. The van der Waals surface area contributed by atoms with Gasteiger partial charge < -0.3 is 9.88 Å². The Labute approximate surface area is 184 Å².